The van der Waals surface area contributed by atoms with E-state index >= 15 is 0 Å². The van der Waals surface area contributed by atoms with Crippen LogP contribution in [0.1, 0.15) is 11.1 Å². The lowest BCUT2D eigenvalue weighted by Gasteiger charge is -2.03. The van der Waals surface area contributed by atoms with Gasteiger partial charge in [-0.3, -0.25) is 0 Å². The zero-order chi connectivity index (χ0) is 13.5. The molecule has 0 bridgehead atoms. The summed E-state index contributed by atoms with van der Waals surface area (Å²) >= 11 is 0. The second-order valence-electron chi connectivity index (χ2n) is 3.67. The lowest BCUT2D eigenvalue weighted by Crippen LogP contribution is -2.08. The summed E-state index contributed by atoms with van der Waals surface area (Å²) in [6, 6.07) is 16.7. The van der Waals surface area contributed by atoms with Crippen molar-refractivity contribution in [1.29, 1.82) is 0 Å². The number of ether oxygens (including phenoxy) is 2. The molecule has 2 rings (SSSR count). The van der Waals surface area contributed by atoms with Crippen LogP contribution in [0.3, 0.4) is 0 Å². The second-order valence-corrected chi connectivity index (χ2v) is 3.67. The Morgan fingerprint density at radius 2 is 1.63 bits per heavy atom. The van der Waals surface area contributed by atoms with E-state index in [9.17, 15) is 4.79 Å². The molecule has 0 unspecified atom stereocenters. The van der Waals surface area contributed by atoms with Crippen LogP contribution < -0.4 is 4.74 Å². The standard InChI is InChI=1S/C16H12O3/c1-18-16(17)19-15-10-6-5-9-14(15)12-11-13-7-3-2-4-8-13/h2-10H,1H3. The molecule has 19 heavy (non-hydrogen) atoms. The number of carbonyl (C=O) groups is 1. The quantitative estimate of drug-likeness (QED) is 0.444. The Kier molecular flexibility index (Phi) is 4.20. The molecule has 0 saturated carbocycles. The molecule has 0 amide bonds. The number of rotatable bonds is 1. The van der Waals surface area contributed by atoms with Crippen LogP contribution in [0, 0.1) is 11.8 Å². The molecule has 3 nitrogen and oxygen atoms in total. The van der Waals surface area contributed by atoms with Crippen molar-refractivity contribution in [3.05, 3.63) is 65.7 Å². The van der Waals surface area contributed by atoms with Gasteiger partial charge < -0.3 is 9.47 Å². The third-order valence-corrected chi connectivity index (χ3v) is 2.36. The Morgan fingerprint density at radius 3 is 2.37 bits per heavy atom. The molecule has 94 valence electrons. The van der Waals surface area contributed by atoms with E-state index < -0.39 is 6.16 Å². The first kappa shape index (κ1) is 12.7. The molecule has 2 aromatic carbocycles. The average molecular weight is 252 g/mol. The second kappa shape index (κ2) is 6.27. The van der Waals surface area contributed by atoms with Gasteiger partial charge in [0, 0.05) is 5.56 Å². The van der Waals surface area contributed by atoms with Gasteiger partial charge in [-0.1, -0.05) is 42.2 Å². The minimum Gasteiger partial charge on any atom is -0.437 e. The topological polar surface area (TPSA) is 35.5 Å². The first-order valence-electron chi connectivity index (χ1n) is 5.71. The van der Waals surface area contributed by atoms with Crippen LogP contribution >= 0.6 is 0 Å². The summed E-state index contributed by atoms with van der Waals surface area (Å²) in [6.07, 6.45) is -0.756. The van der Waals surface area contributed by atoms with E-state index in [2.05, 4.69) is 16.6 Å². The van der Waals surface area contributed by atoms with E-state index in [0.717, 1.165) is 5.56 Å². The van der Waals surface area contributed by atoms with Gasteiger partial charge in [-0.25, -0.2) is 4.79 Å². The molecule has 3 heteroatoms. The summed E-state index contributed by atoms with van der Waals surface area (Å²) in [5.41, 5.74) is 1.53. The Bertz CT molecular complexity index is 621. The molecule has 0 radical (unpaired) electrons. The molecular weight excluding hydrogens is 240 g/mol. The van der Waals surface area contributed by atoms with Gasteiger partial charge in [0.25, 0.3) is 0 Å². The van der Waals surface area contributed by atoms with Gasteiger partial charge in [0.1, 0.15) is 5.75 Å². The van der Waals surface area contributed by atoms with E-state index in [-0.39, 0.29) is 0 Å². The van der Waals surface area contributed by atoms with Crippen molar-refractivity contribution in [3.63, 3.8) is 0 Å². The van der Waals surface area contributed by atoms with Crippen molar-refractivity contribution in [2.45, 2.75) is 0 Å². The van der Waals surface area contributed by atoms with Crippen LogP contribution in [0.4, 0.5) is 4.79 Å². The highest BCUT2D eigenvalue weighted by atomic mass is 16.7. The minimum atomic E-state index is -0.756. The molecule has 2 aromatic rings. The maximum absolute atomic E-state index is 11.1. The maximum Gasteiger partial charge on any atom is 0.513 e. The SMILES string of the molecule is COC(=O)Oc1ccccc1C#Cc1ccccc1. The van der Waals surface area contributed by atoms with Crippen LogP contribution in [-0.2, 0) is 4.74 Å². The summed E-state index contributed by atoms with van der Waals surface area (Å²) in [5.74, 6) is 6.37. The molecule has 0 heterocycles. The molecule has 0 aliphatic carbocycles. The van der Waals surface area contributed by atoms with Gasteiger partial charge in [-0.2, -0.15) is 0 Å². The number of methoxy groups -OCH3 is 1. The summed E-state index contributed by atoms with van der Waals surface area (Å²) in [7, 11) is 1.26. The summed E-state index contributed by atoms with van der Waals surface area (Å²) in [4.78, 5) is 11.1. The van der Waals surface area contributed by atoms with E-state index in [1.165, 1.54) is 7.11 Å². The Hall–Kier alpha value is -2.73. The minimum absolute atomic E-state index is 0.387. The van der Waals surface area contributed by atoms with E-state index in [0.29, 0.717) is 11.3 Å². The maximum atomic E-state index is 11.1. The van der Waals surface area contributed by atoms with Crippen molar-refractivity contribution in [2.75, 3.05) is 7.11 Å². The predicted octanol–water partition coefficient (Wildman–Crippen LogP) is 3.23. The largest absolute Gasteiger partial charge is 0.513 e. The van der Waals surface area contributed by atoms with Gasteiger partial charge in [0.15, 0.2) is 0 Å². The van der Waals surface area contributed by atoms with Gasteiger partial charge in [-0.05, 0) is 24.3 Å². The first-order valence-corrected chi connectivity index (χ1v) is 5.71. The Morgan fingerprint density at radius 1 is 0.947 bits per heavy atom. The summed E-state index contributed by atoms with van der Waals surface area (Å²) < 4.78 is 9.48. The van der Waals surface area contributed by atoms with Gasteiger partial charge in [0.2, 0.25) is 0 Å². The highest BCUT2D eigenvalue weighted by Crippen LogP contribution is 2.17. The molecule has 0 atom stereocenters. The number of hydrogen-bond donors (Lipinski definition) is 0. The zero-order valence-corrected chi connectivity index (χ0v) is 10.4. The van der Waals surface area contributed by atoms with Gasteiger partial charge in [0.05, 0.1) is 12.7 Å². The summed E-state index contributed by atoms with van der Waals surface area (Å²) in [5, 5.41) is 0. The molecule has 0 aromatic heterocycles. The predicted molar refractivity (Wildman–Crippen MR) is 71.9 cm³/mol. The average Bonchev–Trinajstić information content (AvgIpc) is 2.47. The van der Waals surface area contributed by atoms with Gasteiger partial charge >= 0.3 is 6.16 Å². The smallest absolute Gasteiger partial charge is 0.437 e. The third kappa shape index (κ3) is 3.62. The van der Waals surface area contributed by atoms with Gasteiger partial charge in [-0.15, -0.1) is 0 Å². The van der Waals surface area contributed by atoms with Crippen molar-refractivity contribution < 1.29 is 14.3 Å². The first-order chi connectivity index (χ1) is 9.29. The van der Waals surface area contributed by atoms with Crippen LogP contribution in [0.15, 0.2) is 54.6 Å². The molecule has 0 spiro atoms. The number of hydrogen-bond acceptors (Lipinski definition) is 3. The fraction of sp³-hybridized carbons (Fsp3) is 0.0625. The molecular formula is C16H12O3. The number of para-hydroxylation sites is 1. The van der Waals surface area contributed by atoms with Crippen LogP contribution in [0.2, 0.25) is 0 Å². The lowest BCUT2D eigenvalue weighted by atomic mass is 10.1. The van der Waals surface area contributed by atoms with E-state index in [4.69, 9.17) is 4.74 Å². The zero-order valence-electron chi connectivity index (χ0n) is 10.4. The Labute approximate surface area is 111 Å². The number of benzene rings is 2. The monoisotopic (exact) mass is 252 g/mol. The molecule has 0 fully saturated rings. The van der Waals surface area contributed by atoms with Crippen molar-refractivity contribution in [3.8, 4) is 17.6 Å². The Balaban J connectivity index is 2.26. The number of carbonyl (C=O) groups excluding carboxylic acids is 1. The lowest BCUT2D eigenvalue weighted by molar-refractivity contribution is 0.121. The fourth-order valence-electron chi connectivity index (χ4n) is 1.45. The molecule has 0 aliphatic rings. The molecule has 0 saturated heterocycles. The summed E-state index contributed by atoms with van der Waals surface area (Å²) in [6.45, 7) is 0. The van der Waals surface area contributed by atoms with Crippen molar-refractivity contribution in [1.82, 2.24) is 0 Å². The fourth-order valence-corrected chi connectivity index (χ4v) is 1.45. The van der Waals surface area contributed by atoms with Crippen LogP contribution in [0.5, 0.6) is 5.75 Å². The highest BCUT2D eigenvalue weighted by Gasteiger charge is 2.06. The van der Waals surface area contributed by atoms with E-state index in [1.807, 2.05) is 36.4 Å². The van der Waals surface area contributed by atoms with E-state index in [1.54, 1.807) is 18.2 Å². The molecule has 0 aliphatic heterocycles. The molecule has 0 N–H and O–H groups in total. The van der Waals surface area contributed by atoms with Crippen molar-refractivity contribution in [2.24, 2.45) is 0 Å². The van der Waals surface area contributed by atoms with Crippen LogP contribution in [0.25, 0.3) is 0 Å². The third-order valence-electron chi connectivity index (χ3n) is 2.36. The highest BCUT2D eigenvalue weighted by molar-refractivity contribution is 5.65. The van der Waals surface area contributed by atoms with Crippen LogP contribution in [-0.4, -0.2) is 13.3 Å². The van der Waals surface area contributed by atoms with Crippen molar-refractivity contribution >= 4 is 6.16 Å². The normalized spacial score (nSPS) is 9.11.